The van der Waals surface area contributed by atoms with E-state index < -0.39 is 0 Å². The summed E-state index contributed by atoms with van der Waals surface area (Å²) in [6, 6.07) is 10.9. The minimum Gasteiger partial charge on any atom is -0.345 e. The number of halogens is 2. The Morgan fingerprint density at radius 3 is 2.63 bits per heavy atom. The van der Waals surface area contributed by atoms with E-state index in [4.69, 9.17) is 23.2 Å². The van der Waals surface area contributed by atoms with Crippen molar-refractivity contribution in [2.45, 2.75) is 65.1 Å². The molecule has 3 aromatic rings. The number of piperidine rings is 1. The van der Waals surface area contributed by atoms with Crippen LogP contribution in [0.25, 0.3) is 0 Å². The van der Waals surface area contributed by atoms with Crippen molar-refractivity contribution in [2.24, 2.45) is 5.41 Å². The lowest BCUT2D eigenvalue weighted by molar-refractivity contribution is 0.0713. The zero-order valence-electron chi connectivity index (χ0n) is 23.8. The second-order valence-corrected chi connectivity index (χ2v) is 12.7. The molecule has 216 valence electrons. The molecule has 0 saturated carbocycles. The zero-order valence-corrected chi connectivity index (χ0v) is 25.3. The van der Waals surface area contributed by atoms with Gasteiger partial charge in [0, 0.05) is 43.5 Å². The molecule has 1 aromatic heterocycles. The molecule has 41 heavy (non-hydrogen) atoms. The lowest BCUT2D eigenvalue weighted by atomic mass is 9.77. The van der Waals surface area contributed by atoms with Crippen molar-refractivity contribution in [1.29, 1.82) is 0 Å². The summed E-state index contributed by atoms with van der Waals surface area (Å²) in [5.41, 5.74) is 5.89. The summed E-state index contributed by atoms with van der Waals surface area (Å²) in [6.07, 6.45) is 7.11. The number of hydrogen-bond acceptors (Lipinski definition) is 4. The Hall–Kier alpha value is -2.87. The van der Waals surface area contributed by atoms with Gasteiger partial charge in [-0.15, -0.1) is 0 Å². The van der Waals surface area contributed by atoms with Crippen LogP contribution in [-0.4, -0.2) is 57.6 Å². The summed E-state index contributed by atoms with van der Waals surface area (Å²) >= 11 is 12.4. The van der Waals surface area contributed by atoms with E-state index in [1.165, 1.54) is 11.1 Å². The molecular weight excluding hydrogens is 557 g/mol. The van der Waals surface area contributed by atoms with Crippen LogP contribution < -0.4 is 5.32 Å². The average Bonchev–Trinajstić information content (AvgIpc) is 3.68. The summed E-state index contributed by atoms with van der Waals surface area (Å²) < 4.78 is 2.01. The molecule has 1 atom stereocenters. The minimum absolute atomic E-state index is 0.0876. The van der Waals surface area contributed by atoms with Crippen LogP contribution in [0.3, 0.4) is 0 Å². The highest BCUT2D eigenvalue weighted by molar-refractivity contribution is 6.43. The predicted molar refractivity (Wildman–Crippen MR) is 162 cm³/mol. The van der Waals surface area contributed by atoms with E-state index >= 15 is 0 Å². The number of nitrogens with one attached hydrogen (secondary N) is 1. The van der Waals surface area contributed by atoms with Crippen LogP contribution in [0.15, 0.2) is 42.6 Å². The molecule has 1 unspecified atom stereocenters. The van der Waals surface area contributed by atoms with Crippen LogP contribution in [0.1, 0.15) is 81.7 Å². The summed E-state index contributed by atoms with van der Waals surface area (Å²) in [5.74, 6) is -0.168. The number of carbonyl (C=O) groups is 2. The van der Waals surface area contributed by atoms with Gasteiger partial charge in [-0.05, 0) is 99.8 Å². The van der Waals surface area contributed by atoms with E-state index in [0.717, 1.165) is 82.6 Å². The minimum atomic E-state index is -0.255. The fourth-order valence-corrected chi connectivity index (χ4v) is 7.19. The first-order valence-electron chi connectivity index (χ1n) is 14.7. The second kappa shape index (κ2) is 11.4. The molecule has 2 saturated heterocycles. The predicted octanol–water partition coefficient (Wildman–Crippen LogP) is 6.06. The van der Waals surface area contributed by atoms with Crippen molar-refractivity contribution < 1.29 is 9.59 Å². The summed E-state index contributed by atoms with van der Waals surface area (Å²) in [4.78, 5) is 31.2. The second-order valence-electron chi connectivity index (χ2n) is 11.9. The van der Waals surface area contributed by atoms with E-state index in [9.17, 15) is 9.59 Å². The Morgan fingerprint density at radius 1 is 1.10 bits per heavy atom. The Morgan fingerprint density at radius 2 is 1.88 bits per heavy atom. The topological polar surface area (TPSA) is 70.5 Å². The number of fused-ring (bicyclic) bond motifs is 1. The number of aryl methyl sites for hydroxylation is 3. The smallest absolute Gasteiger partial charge is 0.253 e. The van der Waals surface area contributed by atoms with Crippen molar-refractivity contribution >= 4 is 35.0 Å². The van der Waals surface area contributed by atoms with E-state index in [1.54, 1.807) is 18.2 Å². The monoisotopic (exact) mass is 593 g/mol. The number of hydrogen-bond donors (Lipinski definition) is 1. The average molecular weight is 595 g/mol. The Balaban J connectivity index is 1.08. The van der Waals surface area contributed by atoms with Gasteiger partial charge in [-0.1, -0.05) is 35.3 Å². The third kappa shape index (κ3) is 5.64. The fraction of sp³-hybridized carbons (Fsp3) is 0.469. The summed E-state index contributed by atoms with van der Waals surface area (Å²) in [5, 5.41) is 8.32. The lowest BCUT2D eigenvalue weighted by Crippen LogP contribution is -2.42. The Kier molecular flexibility index (Phi) is 7.88. The van der Waals surface area contributed by atoms with Gasteiger partial charge in [0.05, 0.1) is 27.3 Å². The van der Waals surface area contributed by atoms with Gasteiger partial charge in [0.15, 0.2) is 0 Å². The van der Waals surface area contributed by atoms with Gasteiger partial charge in [0.1, 0.15) is 0 Å². The van der Waals surface area contributed by atoms with Gasteiger partial charge in [0.2, 0.25) is 0 Å². The molecule has 0 radical (unpaired) electrons. The van der Waals surface area contributed by atoms with E-state index in [-0.39, 0.29) is 28.3 Å². The fourth-order valence-electron chi connectivity index (χ4n) is 6.80. The first kappa shape index (κ1) is 28.3. The molecule has 6 rings (SSSR count). The molecule has 0 bridgehead atoms. The van der Waals surface area contributed by atoms with Crippen molar-refractivity contribution in [3.63, 3.8) is 0 Å². The van der Waals surface area contributed by atoms with E-state index in [1.807, 2.05) is 27.8 Å². The van der Waals surface area contributed by atoms with E-state index in [0.29, 0.717) is 16.1 Å². The van der Waals surface area contributed by atoms with Gasteiger partial charge < -0.3 is 10.2 Å². The molecule has 2 fully saturated rings. The van der Waals surface area contributed by atoms with Gasteiger partial charge in [-0.2, -0.15) is 5.10 Å². The Bertz CT molecular complexity index is 1480. The van der Waals surface area contributed by atoms with Crippen LogP contribution in [0.5, 0.6) is 0 Å². The normalized spacial score (nSPS) is 20.0. The third-order valence-electron chi connectivity index (χ3n) is 9.38. The molecule has 7 nitrogen and oxygen atoms in total. The van der Waals surface area contributed by atoms with Crippen molar-refractivity contribution in [3.8, 4) is 0 Å². The quantitative estimate of drug-likeness (QED) is 0.377. The highest BCUT2D eigenvalue weighted by Crippen LogP contribution is 2.41. The maximum atomic E-state index is 13.7. The van der Waals surface area contributed by atoms with Gasteiger partial charge in [-0.3, -0.25) is 19.2 Å². The highest BCUT2D eigenvalue weighted by Gasteiger charge is 2.42. The largest absolute Gasteiger partial charge is 0.345 e. The van der Waals surface area contributed by atoms with E-state index in [2.05, 4.69) is 35.4 Å². The number of aromatic nitrogens is 2. The standard InChI is InChI=1S/C32H37Cl2N5O2/c1-3-39-19-24(21(2)36-39)18-37-14-11-32(12-15-37)13-16-38(20-32)31(41)23-8-7-22-9-10-28(26(22)17-23)35-30(40)25-5-4-6-27(33)29(25)34/h4-8,17,19,28H,3,9-16,18,20H2,1-2H3,(H,35,40). The maximum absolute atomic E-state index is 13.7. The zero-order chi connectivity index (χ0) is 28.7. The number of amides is 2. The molecule has 1 aliphatic carbocycles. The van der Waals surface area contributed by atoms with Crippen LogP contribution >= 0.6 is 23.2 Å². The van der Waals surface area contributed by atoms with Crippen molar-refractivity contribution in [1.82, 2.24) is 24.9 Å². The summed E-state index contributed by atoms with van der Waals surface area (Å²) in [6.45, 7) is 9.77. The maximum Gasteiger partial charge on any atom is 0.253 e. The van der Waals surface area contributed by atoms with Crippen molar-refractivity contribution in [3.05, 3.63) is 86.2 Å². The molecule has 3 heterocycles. The number of rotatable bonds is 6. The molecule has 2 aromatic carbocycles. The van der Waals surface area contributed by atoms with Gasteiger partial charge in [0.25, 0.3) is 11.8 Å². The number of carbonyl (C=O) groups excluding carboxylic acids is 2. The molecule has 1 spiro atoms. The number of likely N-dealkylation sites (tertiary alicyclic amines) is 2. The molecule has 2 amide bonds. The molecule has 2 aliphatic heterocycles. The first-order valence-corrected chi connectivity index (χ1v) is 15.4. The van der Waals surface area contributed by atoms with Crippen LogP contribution in [0, 0.1) is 12.3 Å². The highest BCUT2D eigenvalue weighted by atomic mass is 35.5. The molecular formula is C32H37Cl2N5O2. The number of nitrogens with zero attached hydrogens (tertiary/aromatic N) is 4. The molecule has 1 N–H and O–H groups in total. The van der Waals surface area contributed by atoms with Gasteiger partial charge >= 0.3 is 0 Å². The van der Waals surface area contributed by atoms with Crippen LogP contribution in [-0.2, 0) is 19.5 Å². The SMILES string of the molecule is CCn1cc(CN2CCC3(CC2)CCN(C(=O)c2ccc4c(c2)C(NC(=O)c2cccc(Cl)c2Cl)CC4)C3)c(C)n1. The third-order valence-corrected chi connectivity index (χ3v) is 10.2. The van der Waals surface area contributed by atoms with Crippen molar-refractivity contribution in [2.75, 3.05) is 26.2 Å². The summed E-state index contributed by atoms with van der Waals surface area (Å²) in [7, 11) is 0. The van der Waals surface area contributed by atoms with Crippen LogP contribution in [0.4, 0.5) is 0 Å². The molecule has 9 heteroatoms. The Labute approximate surface area is 251 Å². The van der Waals surface area contributed by atoms with Gasteiger partial charge in [-0.25, -0.2) is 0 Å². The number of benzene rings is 2. The lowest BCUT2D eigenvalue weighted by Gasteiger charge is -2.39. The first-order chi connectivity index (χ1) is 19.7. The molecule has 3 aliphatic rings. The van der Waals surface area contributed by atoms with Crippen LogP contribution in [0.2, 0.25) is 10.0 Å².